The Kier molecular flexibility index (Phi) is 3.89. The first-order chi connectivity index (χ1) is 11.0. The van der Waals surface area contributed by atoms with Crippen molar-refractivity contribution in [3.05, 3.63) is 59.4 Å². The number of hydrogen-bond donors (Lipinski definition) is 1. The predicted octanol–water partition coefficient (Wildman–Crippen LogP) is 3.99. The molecule has 0 amide bonds. The Bertz CT molecular complexity index is 895. The van der Waals surface area contributed by atoms with E-state index in [-0.39, 0.29) is 6.42 Å². The van der Waals surface area contributed by atoms with Crippen molar-refractivity contribution in [3.8, 4) is 0 Å². The van der Waals surface area contributed by atoms with Crippen LogP contribution in [-0.4, -0.2) is 20.5 Å². The van der Waals surface area contributed by atoms with Gasteiger partial charge in [-0.15, -0.1) is 10.2 Å². The quantitative estimate of drug-likeness (QED) is 0.740. The lowest BCUT2D eigenvalue weighted by atomic mass is 10.2. The predicted molar refractivity (Wildman–Crippen MR) is 86.6 cm³/mol. The standard InChI is InChI=1S/C17H16N4O2/c1-11-5-7-13(8-6-11)19-20-17-14(10-15(22)23)18-16-12(2)4-3-9-21(16)17/h3-9H,10H2,1-2H3,(H,22,23). The van der Waals surface area contributed by atoms with Crippen LogP contribution < -0.4 is 0 Å². The minimum atomic E-state index is -0.946. The molecule has 0 aliphatic rings. The highest BCUT2D eigenvalue weighted by molar-refractivity contribution is 5.72. The maximum Gasteiger partial charge on any atom is 0.309 e. The summed E-state index contributed by atoms with van der Waals surface area (Å²) in [4.78, 5) is 15.5. The number of benzene rings is 1. The highest BCUT2D eigenvalue weighted by Crippen LogP contribution is 2.26. The molecular weight excluding hydrogens is 292 g/mol. The second kappa shape index (κ2) is 6.00. The Morgan fingerprint density at radius 2 is 1.91 bits per heavy atom. The lowest BCUT2D eigenvalue weighted by molar-refractivity contribution is -0.136. The lowest BCUT2D eigenvalue weighted by Gasteiger charge is -1.99. The number of rotatable bonds is 4. The number of carboxylic acids is 1. The summed E-state index contributed by atoms with van der Waals surface area (Å²) in [7, 11) is 0. The van der Waals surface area contributed by atoms with Crippen molar-refractivity contribution in [2.75, 3.05) is 0 Å². The number of aromatic nitrogens is 2. The van der Waals surface area contributed by atoms with Crippen molar-refractivity contribution in [2.24, 2.45) is 10.2 Å². The molecule has 3 aromatic rings. The van der Waals surface area contributed by atoms with Crippen LogP contribution in [0, 0.1) is 13.8 Å². The number of carboxylic acid groups (broad SMARTS) is 1. The monoisotopic (exact) mass is 308 g/mol. The molecule has 1 aromatic carbocycles. The number of fused-ring (bicyclic) bond motifs is 1. The van der Waals surface area contributed by atoms with E-state index in [2.05, 4.69) is 15.2 Å². The number of nitrogens with zero attached hydrogens (tertiary/aromatic N) is 4. The molecule has 23 heavy (non-hydrogen) atoms. The summed E-state index contributed by atoms with van der Waals surface area (Å²) in [5, 5.41) is 17.5. The maximum absolute atomic E-state index is 11.1. The molecular formula is C17H16N4O2. The first-order valence-electron chi connectivity index (χ1n) is 7.21. The molecule has 0 unspecified atom stereocenters. The zero-order valence-electron chi connectivity index (χ0n) is 12.9. The van der Waals surface area contributed by atoms with Crippen LogP contribution in [0.5, 0.6) is 0 Å². The van der Waals surface area contributed by atoms with E-state index in [1.807, 2.05) is 56.4 Å². The molecule has 116 valence electrons. The smallest absolute Gasteiger partial charge is 0.309 e. The highest BCUT2D eigenvalue weighted by Gasteiger charge is 2.15. The number of azo groups is 1. The topological polar surface area (TPSA) is 79.3 Å². The van der Waals surface area contributed by atoms with Gasteiger partial charge in [-0.2, -0.15) is 0 Å². The molecule has 2 heterocycles. The average Bonchev–Trinajstić information content (AvgIpc) is 2.85. The third-order valence-electron chi connectivity index (χ3n) is 3.50. The van der Waals surface area contributed by atoms with Crippen LogP contribution >= 0.6 is 0 Å². The van der Waals surface area contributed by atoms with Crippen molar-refractivity contribution in [1.82, 2.24) is 9.38 Å². The Hall–Kier alpha value is -3.02. The zero-order chi connectivity index (χ0) is 16.4. The number of aryl methyl sites for hydroxylation is 2. The molecule has 0 saturated heterocycles. The van der Waals surface area contributed by atoms with E-state index in [1.165, 1.54) is 0 Å². The van der Waals surface area contributed by atoms with Gasteiger partial charge in [-0.25, -0.2) is 4.98 Å². The fraction of sp³-hybridized carbons (Fsp3) is 0.176. The van der Waals surface area contributed by atoms with Crippen LogP contribution in [0.2, 0.25) is 0 Å². The fourth-order valence-electron chi connectivity index (χ4n) is 2.32. The molecule has 0 bridgehead atoms. The van der Waals surface area contributed by atoms with Gasteiger partial charge in [-0.3, -0.25) is 9.20 Å². The second-order valence-corrected chi connectivity index (χ2v) is 5.37. The van der Waals surface area contributed by atoms with Crippen LogP contribution in [0.4, 0.5) is 11.5 Å². The number of imidazole rings is 1. The van der Waals surface area contributed by atoms with Crippen molar-refractivity contribution in [2.45, 2.75) is 20.3 Å². The molecule has 1 N–H and O–H groups in total. The average molecular weight is 308 g/mol. The fourth-order valence-corrected chi connectivity index (χ4v) is 2.32. The summed E-state index contributed by atoms with van der Waals surface area (Å²) in [6.45, 7) is 3.92. The minimum Gasteiger partial charge on any atom is -0.481 e. The van der Waals surface area contributed by atoms with Gasteiger partial charge in [0.2, 0.25) is 0 Å². The molecule has 0 radical (unpaired) electrons. The van der Waals surface area contributed by atoms with Gasteiger partial charge in [0.05, 0.1) is 17.8 Å². The van der Waals surface area contributed by atoms with Gasteiger partial charge in [0, 0.05) is 6.20 Å². The van der Waals surface area contributed by atoms with Crippen molar-refractivity contribution in [3.63, 3.8) is 0 Å². The number of hydrogen-bond acceptors (Lipinski definition) is 4. The van der Waals surface area contributed by atoms with Gasteiger partial charge in [0.15, 0.2) is 5.82 Å². The Balaban J connectivity index is 2.08. The van der Waals surface area contributed by atoms with Gasteiger partial charge >= 0.3 is 5.97 Å². The van der Waals surface area contributed by atoms with Crippen molar-refractivity contribution in [1.29, 1.82) is 0 Å². The van der Waals surface area contributed by atoms with Crippen LogP contribution in [0.1, 0.15) is 16.8 Å². The van der Waals surface area contributed by atoms with Gasteiger partial charge in [0.25, 0.3) is 0 Å². The molecule has 6 nitrogen and oxygen atoms in total. The van der Waals surface area contributed by atoms with E-state index < -0.39 is 5.97 Å². The SMILES string of the molecule is Cc1ccc(N=Nc2c(CC(=O)O)nc3c(C)cccn23)cc1. The zero-order valence-corrected chi connectivity index (χ0v) is 12.9. The summed E-state index contributed by atoms with van der Waals surface area (Å²) >= 11 is 0. The summed E-state index contributed by atoms with van der Waals surface area (Å²) < 4.78 is 1.77. The molecule has 3 rings (SSSR count). The van der Waals surface area contributed by atoms with E-state index in [0.717, 1.165) is 11.1 Å². The van der Waals surface area contributed by atoms with Gasteiger partial charge in [-0.05, 0) is 37.6 Å². The number of pyridine rings is 1. The highest BCUT2D eigenvalue weighted by atomic mass is 16.4. The van der Waals surface area contributed by atoms with Gasteiger partial charge in [-0.1, -0.05) is 23.8 Å². The second-order valence-electron chi connectivity index (χ2n) is 5.37. The largest absolute Gasteiger partial charge is 0.481 e. The molecule has 0 fully saturated rings. The summed E-state index contributed by atoms with van der Waals surface area (Å²) in [6.07, 6.45) is 1.62. The van der Waals surface area contributed by atoms with Crippen LogP contribution in [0.15, 0.2) is 52.8 Å². The molecule has 0 aliphatic carbocycles. The molecule has 6 heteroatoms. The molecule has 2 aromatic heterocycles. The van der Waals surface area contributed by atoms with Gasteiger partial charge in [0.1, 0.15) is 5.65 Å². The van der Waals surface area contributed by atoms with Crippen molar-refractivity contribution < 1.29 is 9.90 Å². The van der Waals surface area contributed by atoms with Crippen LogP contribution in [0.3, 0.4) is 0 Å². The molecule has 0 spiro atoms. The summed E-state index contributed by atoms with van der Waals surface area (Å²) in [5.74, 6) is -0.496. The Morgan fingerprint density at radius 1 is 1.17 bits per heavy atom. The third kappa shape index (κ3) is 3.11. The number of aliphatic carboxylic acids is 1. The van der Waals surface area contributed by atoms with Gasteiger partial charge < -0.3 is 5.11 Å². The van der Waals surface area contributed by atoms with E-state index in [1.54, 1.807) is 4.40 Å². The molecule has 0 saturated carbocycles. The van der Waals surface area contributed by atoms with Crippen molar-refractivity contribution >= 4 is 23.1 Å². The van der Waals surface area contributed by atoms with E-state index in [4.69, 9.17) is 5.11 Å². The summed E-state index contributed by atoms with van der Waals surface area (Å²) in [5.41, 5.74) is 3.90. The first kappa shape index (κ1) is 14.9. The normalized spacial score (nSPS) is 11.4. The van der Waals surface area contributed by atoms with Crippen LogP contribution in [0.25, 0.3) is 5.65 Å². The first-order valence-corrected chi connectivity index (χ1v) is 7.21. The van der Waals surface area contributed by atoms with E-state index in [9.17, 15) is 4.79 Å². The Labute approximate surface area is 133 Å². The minimum absolute atomic E-state index is 0.191. The number of carbonyl (C=O) groups is 1. The van der Waals surface area contributed by atoms with E-state index in [0.29, 0.717) is 22.8 Å². The summed E-state index contributed by atoms with van der Waals surface area (Å²) in [6, 6.07) is 11.4. The Morgan fingerprint density at radius 3 is 2.61 bits per heavy atom. The molecule has 0 atom stereocenters. The maximum atomic E-state index is 11.1. The van der Waals surface area contributed by atoms with Crippen LogP contribution in [-0.2, 0) is 11.2 Å². The lowest BCUT2D eigenvalue weighted by Crippen LogP contribution is -2.00. The van der Waals surface area contributed by atoms with E-state index >= 15 is 0 Å². The third-order valence-corrected chi connectivity index (χ3v) is 3.50. The molecule has 0 aliphatic heterocycles.